The van der Waals surface area contributed by atoms with E-state index in [4.69, 9.17) is 0 Å². The van der Waals surface area contributed by atoms with Gasteiger partial charge in [0.05, 0.1) is 0 Å². The average molecular weight is 281 g/mol. The molecule has 1 saturated carbocycles. The quantitative estimate of drug-likeness (QED) is 0.755. The summed E-state index contributed by atoms with van der Waals surface area (Å²) < 4.78 is 0. The number of amides is 4. The molecule has 6 heteroatoms. The van der Waals surface area contributed by atoms with E-state index in [2.05, 4.69) is 17.6 Å². The van der Waals surface area contributed by atoms with Crippen molar-refractivity contribution in [3.8, 4) is 0 Å². The zero-order valence-corrected chi connectivity index (χ0v) is 12.2. The van der Waals surface area contributed by atoms with Gasteiger partial charge in [0.15, 0.2) is 0 Å². The lowest BCUT2D eigenvalue weighted by atomic mass is 9.75. The lowest BCUT2D eigenvalue weighted by molar-refractivity contribution is -0.129. The van der Waals surface area contributed by atoms with Gasteiger partial charge in [0.25, 0.3) is 5.91 Å². The third kappa shape index (κ3) is 2.64. The molecule has 2 rings (SSSR count). The highest BCUT2D eigenvalue weighted by Gasteiger charge is 2.53. The van der Waals surface area contributed by atoms with Crippen molar-refractivity contribution in [3.05, 3.63) is 0 Å². The van der Waals surface area contributed by atoms with Crippen LogP contribution in [0.3, 0.4) is 0 Å². The predicted molar refractivity (Wildman–Crippen MR) is 73.9 cm³/mol. The van der Waals surface area contributed by atoms with Gasteiger partial charge in [-0.2, -0.15) is 0 Å². The first-order chi connectivity index (χ1) is 9.49. The monoisotopic (exact) mass is 281 g/mol. The van der Waals surface area contributed by atoms with Gasteiger partial charge in [0.2, 0.25) is 5.91 Å². The molecular formula is C14H23N3O3. The highest BCUT2D eigenvalue weighted by atomic mass is 16.2. The van der Waals surface area contributed by atoms with E-state index in [-0.39, 0.29) is 17.8 Å². The van der Waals surface area contributed by atoms with E-state index in [1.54, 1.807) is 11.9 Å². The average Bonchev–Trinajstić information content (AvgIpc) is 2.62. The Bertz CT molecular complexity index is 424. The van der Waals surface area contributed by atoms with E-state index >= 15 is 0 Å². The molecule has 1 saturated heterocycles. The van der Waals surface area contributed by atoms with Gasteiger partial charge in [-0.3, -0.25) is 14.9 Å². The summed E-state index contributed by atoms with van der Waals surface area (Å²) in [6.07, 6.45) is 4.49. The number of urea groups is 1. The van der Waals surface area contributed by atoms with Gasteiger partial charge in [-0.1, -0.05) is 19.8 Å². The van der Waals surface area contributed by atoms with Crippen LogP contribution in [-0.4, -0.2) is 41.9 Å². The number of imide groups is 1. The van der Waals surface area contributed by atoms with Crippen LogP contribution in [0.1, 0.15) is 45.4 Å². The smallest absolute Gasteiger partial charge is 0.325 e. The maximum atomic E-state index is 12.2. The minimum atomic E-state index is -0.669. The Hall–Kier alpha value is -1.59. The molecule has 2 N–H and O–H groups in total. The molecule has 0 bridgehead atoms. The van der Waals surface area contributed by atoms with Gasteiger partial charge in [-0.15, -0.1) is 0 Å². The highest BCUT2D eigenvalue weighted by Crippen LogP contribution is 2.39. The molecule has 2 atom stereocenters. The first-order valence-electron chi connectivity index (χ1n) is 7.33. The summed E-state index contributed by atoms with van der Waals surface area (Å²) in [7, 11) is 1.60. The molecule has 4 amide bonds. The van der Waals surface area contributed by atoms with Gasteiger partial charge in [0.1, 0.15) is 5.54 Å². The van der Waals surface area contributed by atoms with Gasteiger partial charge in [-0.05, 0) is 25.2 Å². The van der Waals surface area contributed by atoms with Crippen molar-refractivity contribution < 1.29 is 14.4 Å². The van der Waals surface area contributed by atoms with Gasteiger partial charge >= 0.3 is 6.03 Å². The van der Waals surface area contributed by atoms with Crippen molar-refractivity contribution in [2.24, 2.45) is 5.92 Å². The van der Waals surface area contributed by atoms with Crippen LogP contribution in [0.2, 0.25) is 0 Å². The predicted octanol–water partition coefficient (Wildman–Crippen LogP) is 1.01. The molecule has 1 heterocycles. The minimum absolute atomic E-state index is 0.0398. The summed E-state index contributed by atoms with van der Waals surface area (Å²) in [5.74, 6) is 0.248. The number of nitrogens with one attached hydrogen (secondary N) is 2. The molecule has 1 spiro atoms. The zero-order valence-electron chi connectivity index (χ0n) is 12.2. The van der Waals surface area contributed by atoms with Crippen molar-refractivity contribution in [2.45, 2.75) is 51.0 Å². The molecule has 1 aliphatic heterocycles. The molecule has 20 heavy (non-hydrogen) atoms. The van der Waals surface area contributed by atoms with Crippen molar-refractivity contribution in [2.75, 3.05) is 13.6 Å². The first kappa shape index (κ1) is 14.8. The van der Waals surface area contributed by atoms with Crippen LogP contribution in [0.15, 0.2) is 0 Å². The summed E-state index contributed by atoms with van der Waals surface area (Å²) in [6.45, 7) is 2.58. The Labute approximate surface area is 119 Å². The van der Waals surface area contributed by atoms with E-state index in [1.165, 1.54) is 0 Å². The van der Waals surface area contributed by atoms with E-state index in [1.807, 2.05) is 0 Å². The Morgan fingerprint density at radius 1 is 1.50 bits per heavy atom. The fourth-order valence-electron chi connectivity index (χ4n) is 3.41. The molecule has 2 aliphatic rings. The number of carbonyl (C=O) groups is 3. The fraction of sp³-hybridized carbons (Fsp3) is 0.786. The largest absolute Gasteiger partial charge is 0.359 e. The summed E-state index contributed by atoms with van der Waals surface area (Å²) >= 11 is 0. The number of nitrogens with zero attached hydrogens (tertiary/aromatic N) is 1. The molecule has 1 aliphatic carbocycles. The van der Waals surface area contributed by atoms with E-state index in [0.717, 1.165) is 25.7 Å². The zero-order chi connectivity index (χ0) is 14.8. The summed E-state index contributed by atoms with van der Waals surface area (Å²) in [6, 6.07) is -0.305. The van der Waals surface area contributed by atoms with Crippen LogP contribution in [0.25, 0.3) is 0 Å². The maximum Gasteiger partial charge on any atom is 0.325 e. The van der Waals surface area contributed by atoms with Crippen LogP contribution in [-0.2, 0) is 9.59 Å². The number of carbonyl (C=O) groups excluding carboxylic acids is 3. The molecule has 0 aromatic heterocycles. The highest BCUT2D eigenvalue weighted by molar-refractivity contribution is 6.07. The summed E-state index contributed by atoms with van der Waals surface area (Å²) in [5.41, 5.74) is -0.669. The Balaban J connectivity index is 2.05. The topological polar surface area (TPSA) is 78.5 Å². The van der Waals surface area contributed by atoms with Crippen LogP contribution in [0, 0.1) is 5.92 Å². The molecular weight excluding hydrogens is 258 g/mol. The van der Waals surface area contributed by atoms with Gasteiger partial charge < -0.3 is 10.2 Å². The van der Waals surface area contributed by atoms with E-state index in [9.17, 15) is 14.4 Å². The molecule has 2 unspecified atom stereocenters. The molecule has 6 nitrogen and oxygen atoms in total. The first-order valence-corrected chi connectivity index (χ1v) is 7.33. The van der Waals surface area contributed by atoms with E-state index < -0.39 is 5.54 Å². The molecule has 0 aromatic carbocycles. The van der Waals surface area contributed by atoms with Crippen LogP contribution < -0.4 is 10.6 Å². The Morgan fingerprint density at radius 2 is 2.25 bits per heavy atom. The van der Waals surface area contributed by atoms with Crippen molar-refractivity contribution in [1.29, 1.82) is 0 Å². The molecule has 0 aromatic rings. The van der Waals surface area contributed by atoms with Crippen LogP contribution in [0.5, 0.6) is 0 Å². The third-order valence-corrected chi connectivity index (χ3v) is 4.44. The van der Waals surface area contributed by atoms with Gasteiger partial charge in [-0.25, -0.2) is 4.79 Å². The van der Waals surface area contributed by atoms with Crippen molar-refractivity contribution in [1.82, 2.24) is 15.5 Å². The summed E-state index contributed by atoms with van der Waals surface area (Å²) in [4.78, 5) is 37.1. The van der Waals surface area contributed by atoms with Crippen molar-refractivity contribution >= 4 is 17.8 Å². The second-order valence-electron chi connectivity index (χ2n) is 5.92. The summed E-state index contributed by atoms with van der Waals surface area (Å²) in [5, 5.41) is 5.01. The van der Waals surface area contributed by atoms with Crippen LogP contribution in [0.4, 0.5) is 4.79 Å². The Morgan fingerprint density at radius 3 is 2.90 bits per heavy atom. The SMILES string of the molecule is CNC(=O)CCCN1C(=O)NC(=O)C12CCCC(C)C2. The standard InChI is InChI=1S/C14H23N3O3/c1-10-5-3-7-14(9-10)12(19)16-13(20)17(14)8-4-6-11(18)15-2/h10H,3-9H2,1-2H3,(H,15,18)(H,16,19,20). The van der Waals surface area contributed by atoms with Crippen LogP contribution >= 0.6 is 0 Å². The van der Waals surface area contributed by atoms with Crippen molar-refractivity contribution in [3.63, 3.8) is 0 Å². The molecule has 112 valence electrons. The second kappa shape index (κ2) is 5.81. The number of rotatable bonds is 4. The molecule has 2 fully saturated rings. The third-order valence-electron chi connectivity index (χ3n) is 4.44. The van der Waals surface area contributed by atoms with E-state index in [0.29, 0.717) is 25.3 Å². The van der Waals surface area contributed by atoms with Gasteiger partial charge in [0, 0.05) is 20.0 Å². The number of hydrogen-bond donors (Lipinski definition) is 2. The second-order valence-corrected chi connectivity index (χ2v) is 5.92. The minimum Gasteiger partial charge on any atom is -0.359 e. The fourth-order valence-corrected chi connectivity index (χ4v) is 3.41. The normalized spacial score (nSPS) is 29.7. The molecule has 0 radical (unpaired) electrons. The maximum absolute atomic E-state index is 12.2. The number of hydrogen-bond acceptors (Lipinski definition) is 3. The lowest BCUT2D eigenvalue weighted by Crippen LogP contribution is -2.52. The lowest BCUT2D eigenvalue weighted by Gasteiger charge is -2.40. The Kier molecular flexibility index (Phi) is 4.30.